The molecule has 4 aromatic rings. The minimum absolute atomic E-state index is 0.0533. The van der Waals surface area contributed by atoms with E-state index in [1.54, 1.807) is 24.3 Å². The highest BCUT2D eigenvalue weighted by Crippen LogP contribution is 2.24. The average molecular weight is 455 g/mol. The number of thioether (sulfide) groups is 1. The van der Waals surface area contributed by atoms with Crippen LogP contribution in [0.4, 0.5) is 0 Å². The molecular weight excluding hydrogens is 432 g/mol. The number of benzene rings is 2. The van der Waals surface area contributed by atoms with Crippen molar-refractivity contribution in [3.63, 3.8) is 0 Å². The van der Waals surface area contributed by atoms with Gasteiger partial charge in [-0.05, 0) is 35.7 Å². The van der Waals surface area contributed by atoms with Gasteiger partial charge in [0, 0.05) is 29.9 Å². The van der Waals surface area contributed by atoms with Crippen LogP contribution in [-0.4, -0.2) is 19.7 Å². The van der Waals surface area contributed by atoms with Gasteiger partial charge in [0.1, 0.15) is 12.4 Å². The van der Waals surface area contributed by atoms with Crippen LogP contribution < -0.4 is 10.2 Å². The van der Waals surface area contributed by atoms with E-state index in [0.29, 0.717) is 34.2 Å². The summed E-state index contributed by atoms with van der Waals surface area (Å²) in [6.07, 6.45) is 0. The average Bonchev–Trinajstić information content (AvgIpc) is 3.11. The molecule has 4 rings (SSSR count). The number of nitrogens with one attached hydrogen (secondary N) is 1. The van der Waals surface area contributed by atoms with Crippen LogP contribution in [0.25, 0.3) is 10.9 Å². The molecular formula is C23H23ClN4O2S. The molecule has 2 aromatic carbocycles. The second kappa shape index (κ2) is 9.16. The van der Waals surface area contributed by atoms with Gasteiger partial charge >= 0.3 is 0 Å². The third-order valence-corrected chi connectivity index (χ3v) is 6.45. The highest BCUT2D eigenvalue weighted by Gasteiger charge is 2.12. The van der Waals surface area contributed by atoms with Crippen molar-refractivity contribution in [1.82, 2.24) is 19.7 Å². The summed E-state index contributed by atoms with van der Waals surface area (Å²) in [6.45, 7) is 4.65. The minimum atomic E-state index is -0.0533. The first kappa shape index (κ1) is 21.5. The minimum Gasteiger partial charge on any atom is -0.486 e. The second-order valence-electron chi connectivity index (χ2n) is 7.58. The molecule has 0 saturated heterocycles. The summed E-state index contributed by atoms with van der Waals surface area (Å²) < 4.78 is 7.77. The summed E-state index contributed by atoms with van der Waals surface area (Å²) in [5, 5.41) is 10.4. The Kier molecular flexibility index (Phi) is 6.34. The molecule has 2 aromatic heterocycles. The zero-order valence-corrected chi connectivity index (χ0v) is 19.1. The lowest BCUT2D eigenvalue weighted by atomic mass is 10.0. The molecule has 0 fully saturated rings. The fourth-order valence-electron chi connectivity index (χ4n) is 3.20. The van der Waals surface area contributed by atoms with E-state index >= 15 is 0 Å². The normalized spacial score (nSPS) is 11.4. The number of fused-ring (bicyclic) bond motifs is 1. The maximum Gasteiger partial charge on any atom is 0.191 e. The first-order valence-electron chi connectivity index (χ1n) is 9.96. The van der Waals surface area contributed by atoms with Gasteiger partial charge in [-0.2, -0.15) is 0 Å². The molecule has 31 heavy (non-hydrogen) atoms. The maximum absolute atomic E-state index is 12.4. The van der Waals surface area contributed by atoms with Crippen molar-refractivity contribution in [3.8, 4) is 5.75 Å². The Morgan fingerprint density at radius 3 is 2.68 bits per heavy atom. The fraction of sp³-hybridized carbons (Fsp3) is 0.261. The summed E-state index contributed by atoms with van der Waals surface area (Å²) >= 11 is 7.73. The van der Waals surface area contributed by atoms with E-state index in [-0.39, 0.29) is 5.43 Å². The number of halogens is 1. The van der Waals surface area contributed by atoms with Gasteiger partial charge in [0.15, 0.2) is 16.4 Å². The molecule has 1 N–H and O–H groups in total. The molecule has 160 valence electrons. The summed E-state index contributed by atoms with van der Waals surface area (Å²) in [4.78, 5) is 15.6. The molecule has 0 aliphatic rings. The largest absolute Gasteiger partial charge is 0.486 e. The first-order valence-corrected chi connectivity index (χ1v) is 11.3. The Morgan fingerprint density at radius 1 is 1.16 bits per heavy atom. The summed E-state index contributed by atoms with van der Waals surface area (Å²) in [5.41, 5.74) is 2.66. The molecule has 0 atom stereocenters. The van der Waals surface area contributed by atoms with Gasteiger partial charge in [-0.3, -0.25) is 4.79 Å². The predicted molar refractivity (Wildman–Crippen MR) is 125 cm³/mol. The molecule has 0 radical (unpaired) electrons. The fourth-order valence-corrected chi connectivity index (χ4v) is 4.26. The van der Waals surface area contributed by atoms with Gasteiger partial charge in [0.25, 0.3) is 0 Å². The molecule has 0 spiro atoms. The van der Waals surface area contributed by atoms with Gasteiger partial charge in [-0.15, -0.1) is 10.2 Å². The van der Waals surface area contributed by atoms with Crippen molar-refractivity contribution in [1.29, 1.82) is 0 Å². The van der Waals surface area contributed by atoms with Crippen molar-refractivity contribution in [2.75, 3.05) is 0 Å². The summed E-state index contributed by atoms with van der Waals surface area (Å²) in [6, 6.07) is 15.0. The zero-order chi connectivity index (χ0) is 22.0. The van der Waals surface area contributed by atoms with E-state index in [4.69, 9.17) is 16.3 Å². The lowest BCUT2D eigenvalue weighted by molar-refractivity contribution is 0.290. The second-order valence-corrected chi connectivity index (χ2v) is 8.93. The summed E-state index contributed by atoms with van der Waals surface area (Å²) in [7, 11) is 1.91. The smallest absolute Gasteiger partial charge is 0.191 e. The zero-order valence-electron chi connectivity index (χ0n) is 17.6. The maximum atomic E-state index is 12.4. The van der Waals surface area contributed by atoms with E-state index < -0.39 is 0 Å². The highest BCUT2D eigenvalue weighted by molar-refractivity contribution is 7.98. The van der Waals surface area contributed by atoms with Gasteiger partial charge in [-0.25, -0.2) is 0 Å². The van der Waals surface area contributed by atoms with E-state index in [1.807, 2.05) is 23.7 Å². The Bertz CT molecular complexity index is 1270. The van der Waals surface area contributed by atoms with Gasteiger partial charge in [0.05, 0.1) is 10.5 Å². The molecule has 0 aliphatic heterocycles. The standard InChI is InChI=1S/C23H23ClN4O2S/c1-14(2)15-7-9-17(10-8-15)30-12-21-26-27-23(28(21)3)31-13-16-11-20(29)18-5-4-6-19(24)22(18)25-16/h4-11,14H,12-13H2,1-3H3,(H,25,29). The number of ether oxygens (including phenoxy) is 1. The predicted octanol–water partition coefficient (Wildman–Crippen LogP) is 5.30. The van der Waals surface area contributed by atoms with Crippen LogP contribution in [0, 0.1) is 0 Å². The van der Waals surface area contributed by atoms with Gasteiger partial charge < -0.3 is 14.3 Å². The molecule has 8 heteroatoms. The van der Waals surface area contributed by atoms with Crippen molar-refractivity contribution in [2.45, 2.75) is 37.3 Å². The Hall–Kier alpha value is -2.77. The van der Waals surface area contributed by atoms with Crippen LogP contribution in [-0.2, 0) is 19.4 Å². The number of para-hydroxylation sites is 1. The first-order chi connectivity index (χ1) is 14.9. The van der Waals surface area contributed by atoms with Crippen molar-refractivity contribution < 1.29 is 4.74 Å². The number of hydrogen-bond acceptors (Lipinski definition) is 5. The van der Waals surface area contributed by atoms with E-state index in [0.717, 1.165) is 22.4 Å². The molecule has 2 heterocycles. The molecule has 0 saturated carbocycles. The highest BCUT2D eigenvalue weighted by atomic mass is 35.5. The summed E-state index contributed by atoms with van der Waals surface area (Å²) in [5.74, 6) is 2.55. The van der Waals surface area contributed by atoms with Crippen molar-refractivity contribution in [3.05, 3.63) is 80.9 Å². The lowest BCUT2D eigenvalue weighted by Gasteiger charge is -2.09. The molecule has 6 nitrogen and oxygen atoms in total. The van der Waals surface area contributed by atoms with Gasteiger partial charge in [0.2, 0.25) is 0 Å². The number of H-pyrrole nitrogens is 1. The number of pyridine rings is 1. The van der Waals surface area contributed by atoms with E-state index in [2.05, 4.69) is 41.2 Å². The number of hydrogen-bond donors (Lipinski definition) is 1. The SMILES string of the molecule is CC(C)c1ccc(OCc2nnc(SCc3cc(=O)c4cccc(Cl)c4[nH]3)n2C)cc1. The topological polar surface area (TPSA) is 72.8 Å². The van der Waals surface area contributed by atoms with Crippen molar-refractivity contribution >= 4 is 34.3 Å². The quantitative estimate of drug-likeness (QED) is 0.383. The Labute approximate surface area is 189 Å². The Morgan fingerprint density at radius 2 is 1.94 bits per heavy atom. The van der Waals surface area contributed by atoms with Crippen LogP contribution in [0.2, 0.25) is 5.02 Å². The van der Waals surface area contributed by atoms with Crippen LogP contribution in [0.5, 0.6) is 5.75 Å². The number of rotatable bonds is 7. The number of nitrogens with zero attached hydrogens (tertiary/aromatic N) is 3. The van der Waals surface area contributed by atoms with E-state index in [1.165, 1.54) is 17.3 Å². The lowest BCUT2D eigenvalue weighted by Crippen LogP contribution is -2.06. The van der Waals surface area contributed by atoms with Crippen LogP contribution in [0.1, 0.15) is 36.8 Å². The Balaban J connectivity index is 1.42. The van der Waals surface area contributed by atoms with Crippen molar-refractivity contribution in [2.24, 2.45) is 7.05 Å². The van der Waals surface area contributed by atoms with E-state index in [9.17, 15) is 4.79 Å². The number of aromatic nitrogens is 4. The third kappa shape index (κ3) is 4.78. The molecule has 0 aliphatic carbocycles. The number of aromatic amines is 1. The third-order valence-electron chi connectivity index (χ3n) is 5.07. The molecule has 0 bridgehead atoms. The molecule has 0 amide bonds. The van der Waals surface area contributed by atoms with Crippen LogP contribution >= 0.6 is 23.4 Å². The van der Waals surface area contributed by atoms with Crippen LogP contribution in [0.15, 0.2) is 58.5 Å². The monoisotopic (exact) mass is 454 g/mol. The van der Waals surface area contributed by atoms with Gasteiger partial charge in [-0.1, -0.05) is 55.4 Å². The van der Waals surface area contributed by atoms with Crippen LogP contribution in [0.3, 0.4) is 0 Å². The molecule has 0 unspecified atom stereocenters.